The zero-order chi connectivity index (χ0) is 8.27. The Bertz CT molecular complexity index is 268. The van der Waals surface area contributed by atoms with Crippen LogP contribution < -0.4 is 11.1 Å². The van der Waals surface area contributed by atoms with Gasteiger partial charge in [0.2, 0.25) is 0 Å². The summed E-state index contributed by atoms with van der Waals surface area (Å²) in [5.41, 5.74) is 7.97. The van der Waals surface area contributed by atoms with Gasteiger partial charge in [-0.05, 0) is 13.0 Å². The Labute approximate surface area is 65.9 Å². The van der Waals surface area contributed by atoms with Gasteiger partial charge in [-0.25, -0.2) is 0 Å². The number of anilines is 2. The van der Waals surface area contributed by atoms with Crippen LogP contribution in [0.15, 0.2) is 30.7 Å². The van der Waals surface area contributed by atoms with E-state index in [1.807, 2.05) is 6.92 Å². The van der Waals surface area contributed by atoms with Crippen molar-refractivity contribution >= 4 is 11.4 Å². The Morgan fingerprint density at radius 1 is 1.73 bits per heavy atom. The van der Waals surface area contributed by atoms with Crippen LogP contribution in [-0.4, -0.2) is 4.98 Å². The van der Waals surface area contributed by atoms with Crippen LogP contribution in [0, 0.1) is 0 Å². The Kier molecular flexibility index (Phi) is 2.11. The van der Waals surface area contributed by atoms with Gasteiger partial charge >= 0.3 is 0 Å². The predicted molar refractivity (Wildman–Crippen MR) is 47.1 cm³/mol. The average molecular weight is 149 g/mol. The molecule has 3 nitrogen and oxygen atoms in total. The summed E-state index contributed by atoms with van der Waals surface area (Å²) in [6.45, 7) is 5.56. The van der Waals surface area contributed by atoms with Gasteiger partial charge in [0.15, 0.2) is 0 Å². The first-order valence-corrected chi connectivity index (χ1v) is 3.32. The fourth-order valence-electron chi connectivity index (χ4n) is 0.740. The van der Waals surface area contributed by atoms with Crippen LogP contribution in [0.2, 0.25) is 0 Å². The van der Waals surface area contributed by atoms with Crippen LogP contribution in [0.3, 0.4) is 0 Å². The number of nitrogen functional groups attached to an aromatic ring is 1. The van der Waals surface area contributed by atoms with E-state index in [0.717, 1.165) is 11.4 Å². The molecule has 0 aliphatic heterocycles. The van der Waals surface area contributed by atoms with E-state index in [9.17, 15) is 0 Å². The number of nitrogens with zero attached hydrogens (tertiary/aromatic N) is 1. The van der Waals surface area contributed by atoms with E-state index < -0.39 is 0 Å². The maximum absolute atomic E-state index is 5.63. The highest BCUT2D eigenvalue weighted by molar-refractivity contribution is 5.65. The van der Waals surface area contributed by atoms with Gasteiger partial charge in [-0.15, -0.1) is 0 Å². The Morgan fingerprint density at radius 2 is 2.45 bits per heavy atom. The van der Waals surface area contributed by atoms with Gasteiger partial charge in [-0.3, -0.25) is 4.98 Å². The molecule has 0 spiro atoms. The van der Waals surface area contributed by atoms with Crippen LogP contribution in [0.1, 0.15) is 6.92 Å². The second kappa shape index (κ2) is 3.05. The highest BCUT2D eigenvalue weighted by Gasteiger charge is 1.95. The van der Waals surface area contributed by atoms with Crippen molar-refractivity contribution < 1.29 is 0 Å². The van der Waals surface area contributed by atoms with Crippen molar-refractivity contribution in [3.8, 4) is 0 Å². The molecular weight excluding hydrogens is 138 g/mol. The molecule has 1 aromatic rings. The molecule has 1 rings (SSSR count). The molecule has 0 atom stereocenters. The molecule has 11 heavy (non-hydrogen) atoms. The smallest absolute Gasteiger partial charge is 0.0801 e. The summed E-state index contributed by atoms with van der Waals surface area (Å²) in [6.07, 6.45) is 3.32. The highest BCUT2D eigenvalue weighted by Crippen LogP contribution is 2.16. The van der Waals surface area contributed by atoms with Gasteiger partial charge in [0, 0.05) is 11.9 Å². The van der Waals surface area contributed by atoms with Crippen molar-refractivity contribution in [3.63, 3.8) is 0 Å². The van der Waals surface area contributed by atoms with Gasteiger partial charge in [0.1, 0.15) is 0 Å². The Hall–Kier alpha value is -1.51. The van der Waals surface area contributed by atoms with Gasteiger partial charge in [0.05, 0.1) is 17.6 Å². The largest absolute Gasteiger partial charge is 0.397 e. The third-order valence-corrected chi connectivity index (χ3v) is 1.20. The van der Waals surface area contributed by atoms with E-state index in [-0.39, 0.29) is 0 Å². The lowest BCUT2D eigenvalue weighted by molar-refractivity contribution is 1.30. The van der Waals surface area contributed by atoms with Crippen molar-refractivity contribution in [2.75, 3.05) is 11.1 Å². The van der Waals surface area contributed by atoms with Crippen LogP contribution in [-0.2, 0) is 0 Å². The Balaban J connectivity index is 2.86. The van der Waals surface area contributed by atoms with E-state index in [2.05, 4.69) is 16.9 Å². The van der Waals surface area contributed by atoms with Gasteiger partial charge in [0.25, 0.3) is 0 Å². The lowest BCUT2D eigenvalue weighted by Crippen LogP contribution is -1.98. The maximum Gasteiger partial charge on any atom is 0.0801 e. The molecule has 0 bridgehead atoms. The zero-order valence-electron chi connectivity index (χ0n) is 6.46. The Morgan fingerprint density at radius 3 is 3.00 bits per heavy atom. The van der Waals surface area contributed by atoms with Crippen LogP contribution in [0.5, 0.6) is 0 Å². The number of nitrogens with one attached hydrogen (secondary N) is 1. The first kappa shape index (κ1) is 7.60. The van der Waals surface area contributed by atoms with Crippen molar-refractivity contribution in [1.29, 1.82) is 0 Å². The lowest BCUT2D eigenvalue weighted by atomic mass is 10.3. The molecule has 0 fully saturated rings. The molecule has 0 aliphatic rings. The van der Waals surface area contributed by atoms with E-state index in [1.54, 1.807) is 18.5 Å². The summed E-state index contributed by atoms with van der Waals surface area (Å²) in [5.74, 6) is 0. The van der Waals surface area contributed by atoms with Crippen molar-refractivity contribution in [1.82, 2.24) is 4.98 Å². The molecule has 3 heteroatoms. The number of nitrogens with two attached hydrogens (primary N) is 1. The minimum Gasteiger partial charge on any atom is -0.397 e. The van der Waals surface area contributed by atoms with Gasteiger partial charge in [-0.2, -0.15) is 0 Å². The second-order valence-corrected chi connectivity index (χ2v) is 2.37. The number of pyridine rings is 1. The van der Waals surface area contributed by atoms with Crippen molar-refractivity contribution in [3.05, 3.63) is 30.7 Å². The van der Waals surface area contributed by atoms with Gasteiger partial charge in [-0.1, -0.05) is 6.58 Å². The number of rotatable bonds is 2. The minimum absolute atomic E-state index is 0.683. The van der Waals surface area contributed by atoms with E-state index in [1.165, 1.54) is 0 Å². The maximum atomic E-state index is 5.63. The monoisotopic (exact) mass is 149 g/mol. The molecule has 0 saturated heterocycles. The molecule has 0 unspecified atom stereocenters. The number of allylic oxidation sites excluding steroid dienone is 1. The first-order chi connectivity index (χ1) is 5.20. The summed E-state index contributed by atoms with van der Waals surface area (Å²) in [7, 11) is 0. The third-order valence-electron chi connectivity index (χ3n) is 1.20. The molecule has 0 amide bonds. The molecule has 3 N–H and O–H groups in total. The van der Waals surface area contributed by atoms with E-state index in [4.69, 9.17) is 5.73 Å². The standard InChI is InChI=1S/C8H11N3/c1-6(2)11-8-5-10-4-3-7(8)9/h3-5,11H,1H2,2H3,(H2,9,10). The summed E-state index contributed by atoms with van der Waals surface area (Å²) in [6, 6.07) is 1.74. The van der Waals surface area contributed by atoms with Crippen molar-refractivity contribution in [2.24, 2.45) is 0 Å². The number of hydrogen-bond donors (Lipinski definition) is 2. The predicted octanol–water partition coefficient (Wildman–Crippen LogP) is 1.61. The molecule has 0 radical (unpaired) electrons. The van der Waals surface area contributed by atoms with Crippen LogP contribution in [0.25, 0.3) is 0 Å². The second-order valence-electron chi connectivity index (χ2n) is 2.37. The summed E-state index contributed by atoms with van der Waals surface area (Å²) in [5, 5.41) is 2.99. The minimum atomic E-state index is 0.683. The molecule has 1 heterocycles. The average Bonchev–Trinajstić information content (AvgIpc) is 1.93. The van der Waals surface area contributed by atoms with E-state index >= 15 is 0 Å². The van der Waals surface area contributed by atoms with E-state index in [0.29, 0.717) is 5.69 Å². The van der Waals surface area contributed by atoms with Gasteiger partial charge < -0.3 is 11.1 Å². The topological polar surface area (TPSA) is 50.9 Å². The number of aromatic nitrogens is 1. The normalized spacial score (nSPS) is 9.18. The van der Waals surface area contributed by atoms with Crippen molar-refractivity contribution in [2.45, 2.75) is 6.92 Å². The molecule has 58 valence electrons. The molecule has 1 aromatic heterocycles. The summed E-state index contributed by atoms with van der Waals surface area (Å²) >= 11 is 0. The highest BCUT2D eigenvalue weighted by atomic mass is 14.9. The zero-order valence-corrected chi connectivity index (χ0v) is 6.46. The third kappa shape index (κ3) is 1.97. The number of hydrogen-bond acceptors (Lipinski definition) is 3. The SMILES string of the molecule is C=C(C)Nc1cnccc1N. The molecular formula is C8H11N3. The summed E-state index contributed by atoms with van der Waals surface area (Å²) < 4.78 is 0. The first-order valence-electron chi connectivity index (χ1n) is 3.32. The molecule has 0 saturated carbocycles. The fraction of sp³-hybridized carbons (Fsp3) is 0.125. The lowest BCUT2D eigenvalue weighted by Gasteiger charge is -2.06. The van der Waals surface area contributed by atoms with Crippen LogP contribution in [0.4, 0.5) is 11.4 Å². The quantitative estimate of drug-likeness (QED) is 0.671. The molecule has 0 aromatic carbocycles. The van der Waals surface area contributed by atoms with Crippen LogP contribution >= 0.6 is 0 Å². The summed E-state index contributed by atoms with van der Waals surface area (Å²) in [4.78, 5) is 3.91. The fourth-order valence-corrected chi connectivity index (χ4v) is 0.740. The molecule has 0 aliphatic carbocycles.